The van der Waals surface area contributed by atoms with Crippen LogP contribution < -0.4 is 4.90 Å². The Morgan fingerprint density at radius 2 is 2.00 bits per heavy atom. The van der Waals surface area contributed by atoms with Gasteiger partial charge < -0.3 is 4.74 Å². The van der Waals surface area contributed by atoms with Gasteiger partial charge in [0.05, 0.1) is 12.7 Å². The number of nitrogens with zero attached hydrogens (tertiary/aromatic N) is 1. The van der Waals surface area contributed by atoms with Gasteiger partial charge in [0, 0.05) is 20.2 Å². The number of amides is 1. The van der Waals surface area contributed by atoms with Gasteiger partial charge in [-0.1, -0.05) is 34.1 Å². The molecule has 2 aromatic carbocycles. The van der Waals surface area contributed by atoms with Gasteiger partial charge in [-0.15, -0.1) is 0 Å². The molecule has 0 fully saturated rings. The molecule has 1 aliphatic heterocycles. The average molecular weight is 486 g/mol. The third-order valence-electron chi connectivity index (χ3n) is 3.83. The highest BCUT2D eigenvalue weighted by Crippen LogP contribution is 2.34. The van der Waals surface area contributed by atoms with Gasteiger partial charge in [0.2, 0.25) is 0 Å². The molecule has 0 saturated heterocycles. The molecule has 1 amide bonds. The molecule has 1 aliphatic rings. The van der Waals surface area contributed by atoms with Crippen LogP contribution in [0.3, 0.4) is 0 Å². The van der Waals surface area contributed by atoms with Crippen molar-refractivity contribution in [3.8, 4) is 0 Å². The van der Waals surface area contributed by atoms with E-state index in [4.69, 9.17) is 4.74 Å². The second kappa shape index (κ2) is 6.60. The number of hydrogen-bond donors (Lipinski definition) is 0. The summed E-state index contributed by atoms with van der Waals surface area (Å²) in [5.74, 6) is -0.601. The van der Waals surface area contributed by atoms with Crippen LogP contribution in [0.4, 0.5) is 5.69 Å². The molecule has 6 heteroatoms. The van der Waals surface area contributed by atoms with E-state index < -0.39 is 12.0 Å². The summed E-state index contributed by atoms with van der Waals surface area (Å²) in [6.45, 7) is 0. The first-order chi connectivity index (χ1) is 11.0. The molecule has 1 atom stereocenters. The number of fused-ring (bicyclic) bond motifs is 1. The lowest BCUT2D eigenvalue weighted by Crippen LogP contribution is -2.43. The SMILES string of the molecule is COC(=O)C1Cc2ccccc2N1C(=O)c1cc(Br)ccc1I. The molecule has 0 saturated carbocycles. The zero-order valence-electron chi connectivity index (χ0n) is 12.3. The van der Waals surface area contributed by atoms with Gasteiger partial charge in [0.15, 0.2) is 0 Å². The summed E-state index contributed by atoms with van der Waals surface area (Å²) in [5.41, 5.74) is 2.30. The smallest absolute Gasteiger partial charge is 0.329 e. The maximum atomic E-state index is 13.1. The highest BCUT2D eigenvalue weighted by molar-refractivity contribution is 14.1. The van der Waals surface area contributed by atoms with Crippen LogP contribution in [-0.2, 0) is 16.0 Å². The number of methoxy groups -OCH3 is 1. The van der Waals surface area contributed by atoms with Crippen LogP contribution >= 0.6 is 38.5 Å². The van der Waals surface area contributed by atoms with E-state index in [9.17, 15) is 9.59 Å². The van der Waals surface area contributed by atoms with Crippen LogP contribution in [0.25, 0.3) is 0 Å². The first kappa shape index (κ1) is 16.4. The molecular weight excluding hydrogens is 473 g/mol. The van der Waals surface area contributed by atoms with Gasteiger partial charge in [0.25, 0.3) is 5.91 Å². The second-order valence-corrected chi connectivity index (χ2v) is 7.25. The molecule has 0 bridgehead atoms. The first-order valence-corrected chi connectivity index (χ1v) is 8.84. The Balaban J connectivity index is 2.08. The number of carbonyl (C=O) groups is 2. The number of para-hydroxylation sites is 1. The van der Waals surface area contributed by atoms with Gasteiger partial charge >= 0.3 is 5.97 Å². The molecule has 1 heterocycles. The van der Waals surface area contributed by atoms with E-state index in [0.29, 0.717) is 12.0 Å². The van der Waals surface area contributed by atoms with Crippen LogP contribution in [0, 0.1) is 3.57 Å². The van der Waals surface area contributed by atoms with Crippen LogP contribution in [0.5, 0.6) is 0 Å². The quantitative estimate of drug-likeness (QED) is 0.480. The Hall–Kier alpha value is -1.41. The molecule has 118 valence electrons. The Bertz CT molecular complexity index is 793. The third kappa shape index (κ3) is 3.01. The summed E-state index contributed by atoms with van der Waals surface area (Å²) in [7, 11) is 1.34. The van der Waals surface area contributed by atoms with Gasteiger partial charge in [-0.05, 0) is 52.4 Å². The van der Waals surface area contributed by atoms with E-state index in [1.165, 1.54) is 7.11 Å². The summed E-state index contributed by atoms with van der Waals surface area (Å²) < 4.78 is 6.55. The van der Waals surface area contributed by atoms with Crippen molar-refractivity contribution in [2.45, 2.75) is 12.5 Å². The minimum atomic E-state index is -0.625. The summed E-state index contributed by atoms with van der Waals surface area (Å²) in [6.07, 6.45) is 0.471. The number of benzene rings is 2. The lowest BCUT2D eigenvalue weighted by Gasteiger charge is -2.24. The molecule has 0 N–H and O–H groups in total. The van der Waals surface area contributed by atoms with E-state index >= 15 is 0 Å². The Kier molecular flexibility index (Phi) is 4.72. The van der Waals surface area contributed by atoms with Gasteiger partial charge in [-0.2, -0.15) is 0 Å². The summed E-state index contributed by atoms with van der Waals surface area (Å²) in [6, 6.07) is 12.5. The molecule has 4 nitrogen and oxygen atoms in total. The van der Waals surface area contributed by atoms with E-state index in [1.54, 1.807) is 11.0 Å². The fourth-order valence-corrected chi connectivity index (χ4v) is 3.68. The first-order valence-electron chi connectivity index (χ1n) is 6.97. The van der Waals surface area contributed by atoms with Crippen molar-refractivity contribution < 1.29 is 14.3 Å². The van der Waals surface area contributed by atoms with Crippen LogP contribution in [0.15, 0.2) is 46.9 Å². The van der Waals surface area contributed by atoms with E-state index in [-0.39, 0.29) is 5.91 Å². The van der Waals surface area contributed by atoms with E-state index in [1.807, 2.05) is 36.4 Å². The molecule has 0 aliphatic carbocycles. The largest absolute Gasteiger partial charge is 0.467 e. The maximum absolute atomic E-state index is 13.1. The second-order valence-electron chi connectivity index (χ2n) is 5.17. The third-order valence-corrected chi connectivity index (χ3v) is 5.26. The molecule has 3 rings (SSSR count). The molecule has 2 aromatic rings. The van der Waals surface area contributed by atoms with E-state index in [0.717, 1.165) is 19.3 Å². The van der Waals surface area contributed by atoms with Crippen molar-refractivity contribution in [2.24, 2.45) is 0 Å². The maximum Gasteiger partial charge on any atom is 0.329 e. The molecule has 0 spiro atoms. The standard InChI is InChI=1S/C17H13BrINO3/c1-23-17(22)15-8-10-4-2-3-5-14(10)20(15)16(21)12-9-11(18)6-7-13(12)19/h2-7,9,15H,8H2,1H3. The molecule has 23 heavy (non-hydrogen) atoms. The Morgan fingerprint density at radius 1 is 1.26 bits per heavy atom. The van der Waals surface area contributed by atoms with Crippen molar-refractivity contribution in [2.75, 3.05) is 12.0 Å². The van der Waals surface area contributed by atoms with Gasteiger partial charge in [-0.25, -0.2) is 4.79 Å². The predicted molar refractivity (Wildman–Crippen MR) is 99.6 cm³/mol. The van der Waals surface area contributed by atoms with Gasteiger partial charge in [0.1, 0.15) is 6.04 Å². The predicted octanol–water partition coefficient (Wildman–Crippen LogP) is 3.80. The van der Waals surface area contributed by atoms with Crippen molar-refractivity contribution in [1.82, 2.24) is 0 Å². The molecule has 0 radical (unpaired) electrons. The number of ether oxygens (including phenoxy) is 1. The summed E-state index contributed by atoms with van der Waals surface area (Å²) >= 11 is 5.52. The number of rotatable bonds is 2. The normalized spacial score (nSPS) is 16.1. The van der Waals surface area contributed by atoms with Gasteiger partial charge in [-0.3, -0.25) is 9.69 Å². The number of halogens is 2. The number of anilines is 1. The Morgan fingerprint density at radius 3 is 2.74 bits per heavy atom. The minimum Gasteiger partial charge on any atom is -0.467 e. The zero-order chi connectivity index (χ0) is 16.6. The van der Waals surface area contributed by atoms with Crippen molar-refractivity contribution >= 4 is 56.1 Å². The Labute approximate surface area is 156 Å². The summed E-state index contributed by atoms with van der Waals surface area (Å²) in [4.78, 5) is 26.8. The highest BCUT2D eigenvalue weighted by Gasteiger charge is 2.39. The average Bonchev–Trinajstić information content (AvgIpc) is 2.95. The van der Waals surface area contributed by atoms with Crippen molar-refractivity contribution in [3.63, 3.8) is 0 Å². The lowest BCUT2D eigenvalue weighted by atomic mass is 10.1. The highest BCUT2D eigenvalue weighted by atomic mass is 127. The molecule has 1 unspecified atom stereocenters. The van der Waals surface area contributed by atoms with Crippen molar-refractivity contribution in [3.05, 3.63) is 61.6 Å². The minimum absolute atomic E-state index is 0.198. The molecular formula is C17H13BrINO3. The van der Waals surface area contributed by atoms with E-state index in [2.05, 4.69) is 38.5 Å². The van der Waals surface area contributed by atoms with Crippen LogP contribution in [-0.4, -0.2) is 25.0 Å². The fourth-order valence-electron chi connectivity index (χ4n) is 2.75. The number of carbonyl (C=O) groups excluding carboxylic acids is 2. The van der Waals surface area contributed by atoms with Crippen LogP contribution in [0.1, 0.15) is 15.9 Å². The summed E-state index contributed by atoms with van der Waals surface area (Å²) in [5, 5.41) is 0. The fraction of sp³-hybridized carbons (Fsp3) is 0.176. The topological polar surface area (TPSA) is 46.6 Å². The monoisotopic (exact) mass is 485 g/mol. The number of hydrogen-bond acceptors (Lipinski definition) is 3. The molecule has 0 aromatic heterocycles. The van der Waals surface area contributed by atoms with Crippen LogP contribution in [0.2, 0.25) is 0 Å². The number of esters is 1. The zero-order valence-corrected chi connectivity index (χ0v) is 16.0. The van der Waals surface area contributed by atoms with Crippen molar-refractivity contribution in [1.29, 1.82) is 0 Å². The lowest BCUT2D eigenvalue weighted by molar-refractivity contribution is -0.141.